The van der Waals surface area contributed by atoms with Crippen LogP contribution in [0.4, 0.5) is 0 Å². The van der Waals surface area contributed by atoms with Gasteiger partial charge in [-0.1, -0.05) is 23.4 Å². The molecule has 0 N–H and O–H groups in total. The number of hydrogen-bond acceptors (Lipinski definition) is 8. The molecule has 8 heteroatoms. The Morgan fingerprint density at radius 1 is 1.14 bits per heavy atom. The highest BCUT2D eigenvalue weighted by Gasteiger charge is 2.20. The van der Waals surface area contributed by atoms with E-state index in [-0.39, 0.29) is 19.1 Å². The van der Waals surface area contributed by atoms with Crippen molar-refractivity contribution in [3.05, 3.63) is 59.5 Å². The fourth-order valence-corrected chi connectivity index (χ4v) is 2.86. The van der Waals surface area contributed by atoms with Crippen LogP contribution in [-0.4, -0.2) is 36.9 Å². The number of aromatic nitrogens is 2. The van der Waals surface area contributed by atoms with Gasteiger partial charge in [-0.25, -0.2) is 4.79 Å². The van der Waals surface area contributed by atoms with Gasteiger partial charge in [0.15, 0.2) is 6.61 Å². The topological polar surface area (TPSA) is 92.9 Å². The molecule has 0 atom stereocenters. The van der Waals surface area contributed by atoms with Gasteiger partial charge in [0, 0.05) is 11.6 Å². The van der Waals surface area contributed by atoms with E-state index >= 15 is 0 Å². The van der Waals surface area contributed by atoms with Crippen molar-refractivity contribution >= 4 is 12.0 Å². The van der Waals surface area contributed by atoms with E-state index in [9.17, 15) is 4.79 Å². The number of benzene rings is 2. The van der Waals surface area contributed by atoms with Crippen LogP contribution in [-0.2, 0) is 16.1 Å². The molecule has 1 aromatic heterocycles. The normalized spacial score (nSPS) is 12.4. The quantitative estimate of drug-likeness (QED) is 0.588. The molecule has 2 aromatic carbocycles. The Bertz CT molecular complexity index is 1070. The van der Waals surface area contributed by atoms with Crippen LogP contribution in [0, 0.1) is 0 Å². The van der Waals surface area contributed by atoms with Crippen LogP contribution in [0.25, 0.3) is 17.5 Å². The summed E-state index contributed by atoms with van der Waals surface area (Å²) >= 11 is 0. The maximum absolute atomic E-state index is 12.3. The average Bonchev–Trinajstić information content (AvgIpc) is 3.25. The van der Waals surface area contributed by atoms with Crippen LogP contribution < -0.4 is 14.2 Å². The molecule has 29 heavy (non-hydrogen) atoms. The summed E-state index contributed by atoms with van der Waals surface area (Å²) < 4.78 is 26.6. The number of carbonyl (C=O) groups is 1. The molecule has 3 aromatic rings. The minimum Gasteiger partial charge on any atom is -0.497 e. The van der Waals surface area contributed by atoms with E-state index in [1.807, 2.05) is 24.3 Å². The Labute approximate surface area is 166 Å². The number of esters is 1. The Balaban J connectivity index is 1.44. The minimum absolute atomic E-state index is 0.147. The van der Waals surface area contributed by atoms with Crippen molar-refractivity contribution in [3.8, 4) is 28.6 Å². The lowest BCUT2D eigenvalue weighted by atomic mass is 10.1. The first-order chi connectivity index (χ1) is 14.2. The van der Waals surface area contributed by atoms with Crippen molar-refractivity contribution in [1.82, 2.24) is 10.1 Å². The molecule has 8 nitrogen and oxygen atoms in total. The first kappa shape index (κ1) is 18.5. The van der Waals surface area contributed by atoms with Crippen LogP contribution in [0.3, 0.4) is 0 Å². The summed E-state index contributed by atoms with van der Waals surface area (Å²) in [7, 11) is 3.11. The summed E-state index contributed by atoms with van der Waals surface area (Å²) in [5.41, 5.74) is 1.88. The van der Waals surface area contributed by atoms with E-state index in [1.54, 1.807) is 38.5 Å². The van der Waals surface area contributed by atoms with Crippen molar-refractivity contribution in [2.75, 3.05) is 20.8 Å². The van der Waals surface area contributed by atoms with Crippen molar-refractivity contribution < 1.29 is 28.3 Å². The van der Waals surface area contributed by atoms with Gasteiger partial charge in [-0.2, -0.15) is 4.98 Å². The number of methoxy groups -OCH3 is 2. The molecular weight excluding hydrogens is 376 g/mol. The molecule has 0 spiro atoms. The average molecular weight is 394 g/mol. The summed E-state index contributed by atoms with van der Waals surface area (Å²) in [6, 6.07) is 12.7. The number of carbonyl (C=O) groups excluding carboxylic acids is 1. The predicted octanol–water partition coefficient (Wildman–Crippen LogP) is 3.27. The van der Waals surface area contributed by atoms with E-state index in [1.165, 1.54) is 0 Å². The maximum atomic E-state index is 12.3. The fourth-order valence-electron chi connectivity index (χ4n) is 2.86. The van der Waals surface area contributed by atoms with Gasteiger partial charge >= 0.3 is 5.97 Å². The van der Waals surface area contributed by atoms with E-state index in [0.29, 0.717) is 28.5 Å². The zero-order chi connectivity index (χ0) is 20.2. The summed E-state index contributed by atoms with van der Waals surface area (Å²) in [4.78, 5) is 16.6. The van der Waals surface area contributed by atoms with Crippen molar-refractivity contribution in [1.29, 1.82) is 0 Å². The Morgan fingerprint density at radius 2 is 2.00 bits per heavy atom. The largest absolute Gasteiger partial charge is 0.497 e. The SMILES string of the molecule is COc1ccc(-c2noc(COC(=O)C3=Cc4ccccc4OC3)n2)c(OC)c1. The Morgan fingerprint density at radius 3 is 2.83 bits per heavy atom. The van der Waals surface area contributed by atoms with Gasteiger partial charge in [0.1, 0.15) is 23.9 Å². The third-order valence-electron chi connectivity index (χ3n) is 4.34. The molecule has 0 amide bonds. The molecule has 1 aliphatic rings. The van der Waals surface area contributed by atoms with E-state index in [4.69, 9.17) is 23.5 Å². The van der Waals surface area contributed by atoms with Gasteiger partial charge in [0.25, 0.3) is 5.89 Å². The van der Waals surface area contributed by atoms with Gasteiger partial charge in [-0.05, 0) is 24.3 Å². The smallest absolute Gasteiger partial charge is 0.338 e. The fraction of sp³-hybridized carbons (Fsp3) is 0.190. The molecule has 0 fully saturated rings. The number of para-hydroxylation sites is 1. The Hall–Kier alpha value is -3.81. The lowest BCUT2D eigenvalue weighted by Crippen LogP contribution is -2.17. The first-order valence-corrected chi connectivity index (χ1v) is 8.82. The lowest BCUT2D eigenvalue weighted by Gasteiger charge is -2.16. The Kier molecular flexibility index (Phi) is 5.15. The molecule has 148 valence electrons. The van der Waals surface area contributed by atoms with Crippen LogP contribution >= 0.6 is 0 Å². The van der Waals surface area contributed by atoms with Crippen LogP contribution in [0.15, 0.2) is 52.6 Å². The van der Waals surface area contributed by atoms with Gasteiger partial charge < -0.3 is 23.5 Å². The number of hydrogen-bond donors (Lipinski definition) is 0. The summed E-state index contributed by atoms with van der Waals surface area (Å²) in [5.74, 6) is 1.92. The number of ether oxygens (including phenoxy) is 4. The van der Waals surface area contributed by atoms with E-state index in [0.717, 1.165) is 11.3 Å². The number of rotatable bonds is 6. The highest BCUT2D eigenvalue weighted by Crippen LogP contribution is 2.31. The van der Waals surface area contributed by atoms with Gasteiger partial charge in [0.05, 0.1) is 25.4 Å². The molecule has 0 saturated carbocycles. The second-order valence-electron chi connectivity index (χ2n) is 6.15. The highest BCUT2D eigenvalue weighted by molar-refractivity contribution is 5.95. The lowest BCUT2D eigenvalue weighted by molar-refractivity contribution is -0.141. The standard InChI is InChI=1S/C21H18N2O6/c1-25-15-7-8-16(18(10-15)26-2)20-22-19(29-23-20)12-28-21(24)14-9-13-5-3-4-6-17(13)27-11-14/h3-10H,11-12H2,1-2H3. The van der Waals surface area contributed by atoms with E-state index in [2.05, 4.69) is 10.1 Å². The third-order valence-corrected chi connectivity index (χ3v) is 4.34. The number of fused-ring (bicyclic) bond motifs is 1. The second kappa shape index (κ2) is 8.05. The van der Waals surface area contributed by atoms with Crippen molar-refractivity contribution in [3.63, 3.8) is 0 Å². The van der Waals surface area contributed by atoms with E-state index < -0.39 is 5.97 Å². The molecular formula is C21H18N2O6. The summed E-state index contributed by atoms with van der Waals surface area (Å²) in [5, 5.41) is 3.93. The minimum atomic E-state index is -0.499. The van der Waals surface area contributed by atoms with Crippen molar-refractivity contribution in [2.45, 2.75) is 6.61 Å². The third kappa shape index (κ3) is 3.91. The molecule has 0 saturated heterocycles. The van der Waals surface area contributed by atoms with Crippen LogP contribution in [0.5, 0.6) is 17.2 Å². The van der Waals surface area contributed by atoms with Gasteiger partial charge in [-0.15, -0.1) is 0 Å². The van der Waals surface area contributed by atoms with Crippen molar-refractivity contribution in [2.24, 2.45) is 0 Å². The second-order valence-corrected chi connectivity index (χ2v) is 6.15. The zero-order valence-corrected chi connectivity index (χ0v) is 15.9. The van der Waals surface area contributed by atoms with Crippen LogP contribution in [0.1, 0.15) is 11.5 Å². The molecule has 0 bridgehead atoms. The van der Waals surface area contributed by atoms with Gasteiger partial charge in [-0.3, -0.25) is 0 Å². The zero-order valence-electron chi connectivity index (χ0n) is 15.9. The summed E-state index contributed by atoms with van der Waals surface area (Å²) in [6.07, 6.45) is 1.75. The first-order valence-electron chi connectivity index (χ1n) is 8.82. The molecule has 0 radical (unpaired) electrons. The molecule has 1 aliphatic heterocycles. The monoisotopic (exact) mass is 394 g/mol. The van der Waals surface area contributed by atoms with Crippen LogP contribution in [0.2, 0.25) is 0 Å². The number of nitrogens with zero attached hydrogens (tertiary/aromatic N) is 2. The molecule has 4 rings (SSSR count). The maximum Gasteiger partial charge on any atom is 0.338 e. The molecule has 2 heterocycles. The van der Waals surface area contributed by atoms with Gasteiger partial charge in [0.2, 0.25) is 5.82 Å². The molecule has 0 unspecified atom stereocenters. The predicted molar refractivity (Wildman–Crippen MR) is 103 cm³/mol. The highest BCUT2D eigenvalue weighted by atomic mass is 16.6. The molecule has 0 aliphatic carbocycles. The summed E-state index contributed by atoms with van der Waals surface area (Å²) in [6.45, 7) is -0.00271.